The van der Waals surface area contributed by atoms with E-state index < -0.39 is 0 Å². The van der Waals surface area contributed by atoms with Gasteiger partial charge in [0.2, 0.25) is 5.91 Å². The van der Waals surface area contributed by atoms with Crippen LogP contribution in [0.1, 0.15) is 17.7 Å². The van der Waals surface area contributed by atoms with Crippen LogP contribution in [-0.2, 0) is 11.2 Å². The first-order valence-corrected chi connectivity index (χ1v) is 6.00. The van der Waals surface area contributed by atoms with Crippen molar-refractivity contribution < 1.29 is 4.79 Å². The number of hydrogen-bond acceptors (Lipinski definition) is 2. The fourth-order valence-electron chi connectivity index (χ4n) is 1.65. The van der Waals surface area contributed by atoms with Gasteiger partial charge in [0.1, 0.15) is 0 Å². The summed E-state index contributed by atoms with van der Waals surface area (Å²) in [6.07, 6.45) is 2.86. The zero-order chi connectivity index (χ0) is 12.8. The SMILES string of the molecule is Cc1ccc(NC(=O)CCc2ccccn2)cc1. The molecule has 0 fully saturated rings. The molecule has 2 rings (SSSR count). The van der Waals surface area contributed by atoms with Gasteiger partial charge in [0, 0.05) is 24.0 Å². The molecule has 0 atom stereocenters. The smallest absolute Gasteiger partial charge is 0.224 e. The zero-order valence-electron chi connectivity index (χ0n) is 10.4. The van der Waals surface area contributed by atoms with Crippen LogP contribution in [0.2, 0.25) is 0 Å². The fraction of sp³-hybridized carbons (Fsp3) is 0.200. The number of anilines is 1. The number of carbonyl (C=O) groups is 1. The Bertz CT molecular complexity index is 506. The molecule has 0 aliphatic carbocycles. The first kappa shape index (κ1) is 12.3. The van der Waals surface area contributed by atoms with Gasteiger partial charge in [-0.1, -0.05) is 23.8 Å². The van der Waals surface area contributed by atoms with Crippen LogP contribution in [0.3, 0.4) is 0 Å². The van der Waals surface area contributed by atoms with Gasteiger partial charge in [0.15, 0.2) is 0 Å². The molecule has 1 N–H and O–H groups in total. The van der Waals surface area contributed by atoms with Crippen molar-refractivity contribution in [2.75, 3.05) is 5.32 Å². The topological polar surface area (TPSA) is 42.0 Å². The largest absolute Gasteiger partial charge is 0.326 e. The van der Waals surface area contributed by atoms with E-state index in [1.165, 1.54) is 5.56 Å². The lowest BCUT2D eigenvalue weighted by Gasteiger charge is -2.05. The number of hydrogen-bond donors (Lipinski definition) is 1. The zero-order valence-corrected chi connectivity index (χ0v) is 10.4. The van der Waals surface area contributed by atoms with E-state index in [2.05, 4.69) is 10.3 Å². The molecule has 1 aromatic heterocycles. The summed E-state index contributed by atoms with van der Waals surface area (Å²) in [6, 6.07) is 13.5. The lowest BCUT2D eigenvalue weighted by atomic mass is 10.2. The third-order valence-corrected chi connectivity index (χ3v) is 2.67. The van der Waals surface area contributed by atoms with Crippen LogP contribution in [0.15, 0.2) is 48.7 Å². The number of carbonyl (C=O) groups excluding carboxylic acids is 1. The Hall–Kier alpha value is -2.16. The maximum absolute atomic E-state index is 11.7. The van der Waals surface area contributed by atoms with Crippen LogP contribution in [0.25, 0.3) is 0 Å². The van der Waals surface area contributed by atoms with Crippen LogP contribution in [0.5, 0.6) is 0 Å². The standard InChI is InChI=1S/C15H16N2O/c1-12-5-7-14(8-6-12)17-15(18)10-9-13-4-2-3-11-16-13/h2-8,11H,9-10H2,1H3,(H,17,18). The molecular formula is C15H16N2O. The molecule has 0 unspecified atom stereocenters. The normalized spacial score (nSPS) is 10.1. The van der Waals surface area contributed by atoms with Crippen molar-refractivity contribution in [1.29, 1.82) is 0 Å². The summed E-state index contributed by atoms with van der Waals surface area (Å²) < 4.78 is 0. The number of amides is 1. The number of nitrogens with one attached hydrogen (secondary N) is 1. The van der Waals surface area contributed by atoms with Crippen molar-refractivity contribution in [2.24, 2.45) is 0 Å². The number of rotatable bonds is 4. The fourth-order valence-corrected chi connectivity index (χ4v) is 1.65. The first-order valence-electron chi connectivity index (χ1n) is 6.00. The number of aryl methyl sites for hydroxylation is 2. The van der Waals surface area contributed by atoms with Gasteiger partial charge in [-0.25, -0.2) is 0 Å². The molecule has 1 amide bonds. The lowest BCUT2D eigenvalue weighted by Crippen LogP contribution is -2.12. The molecule has 3 heteroatoms. The Morgan fingerprint density at radius 1 is 1.17 bits per heavy atom. The highest BCUT2D eigenvalue weighted by Gasteiger charge is 2.03. The predicted octanol–water partition coefficient (Wildman–Crippen LogP) is 2.96. The average molecular weight is 240 g/mol. The Balaban J connectivity index is 1.84. The predicted molar refractivity (Wildman–Crippen MR) is 72.4 cm³/mol. The van der Waals surface area contributed by atoms with Crippen LogP contribution in [0.4, 0.5) is 5.69 Å². The van der Waals surface area contributed by atoms with Crippen LogP contribution >= 0.6 is 0 Å². The Morgan fingerprint density at radius 2 is 1.94 bits per heavy atom. The van der Waals surface area contributed by atoms with E-state index in [1.807, 2.05) is 49.4 Å². The summed E-state index contributed by atoms with van der Waals surface area (Å²) in [5.41, 5.74) is 2.96. The summed E-state index contributed by atoms with van der Waals surface area (Å²) >= 11 is 0. The average Bonchev–Trinajstić information content (AvgIpc) is 2.40. The minimum Gasteiger partial charge on any atom is -0.326 e. The van der Waals surface area contributed by atoms with E-state index >= 15 is 0 Å². The quantitative estimate of drug-likeness (QED) is 0.892. The monoisotopic (exact) mass is 240 g/mol. The highest BCUT2D eigenvalue weighted by atomic mass is 16.1. The van der Waals surface area contributed by atoms with Crippen molar-refractivity contribution >= 4 is 11.6 Å². The van der Waals surface area contributed by atoms with Crippen molar-refractivity contribution in [3.63, 3.8) is 0 Å². The molecule has 0 aliphatic rings. The summed E-state index contributed by atoms with van der Waals surface area (Å²) in [5, 5.41) is 2.87. The third kappa shape index (κ3) is 3.70. The van der Waals surface area contributed by atoms with E-state index in [0.29, 0.717) is 12.8 Å². The minimum absolute atomic E-state index is 0.0181. The maximum atomic E-state index is 11.7. The van der Waals surface area contributed by atoms with Crippen molar-refractivity contribution in [3.8, 4) is 0 Å². The summed E-state index contributed by atoms with van der Waals surface area (Å²) in [6.45, 7) is 2.02. The number of benzene rings is 1. The van der Waals surface area contributed by atoms with E-state index in [4.69, 9.17) is 0 Å². The van der Waals surface area contributed by atoms with Crippen molar-refractivity contribution in [1.82, 2.24) is 4.98 Å². The number of pyridine rings is 1. The lowest BCUT2D eigenvalue weighted by molar-refractivity contribution is -0.116. The molecule has 3 nitrogen and oxygen atoms in total. The molecule has 0 radical (unpaired) electrons. The minimum atomic E-state index is 0.0181. The van der Waals surface area contributed by atoms with E-state index in [-0.39, 0.29) is 5.91 Å². The summed E-state index contributed by atoms with van der Waals surface area (Å²) in [4.78, 5) is 15.9. The second kappa shape index (κ2) is 5.96. The van der Waals surface area contributed by atoms with Crippen LogP contribution < -0.4 is 5.32 Å². The van der Waals surface area contributed by atoms with Gasteiger partial charge in [-0.3, -0.25) is 9.78 Å². The molecular weight excluding hydrogens is 224 g/mol. The van der Waals surface area contributed by atoms with Gasteiger partial charge in [0.05, 0.1) is 0 Å². The Morgan fingerprint density at radius 3 is 2.61 bits per heavy atom. The van der Waals surface area contributed by atoms with Gasteiger partial charge in [-0.05, 0) is 37.6 Å². The highest BCUT2D eigenvalue weighted by molar-refractivity contribution is 5.90. The first-order chi connectivity index (χ1) is 8.74. The summed E-state index contributed by atoms with van der Waals surface area (Å²) in [5.74, 6) is 0.0181. The number of aromatic nitrogens is 1. The maximum Gasteiger partial charge on any atom is 0.224 e. The van der Waals surface area contributed by atoms with E-state index in [0.717, 1.165) is 11.4 Å². The van der Waals surface area contributed by atoms with Crippen LogP contribution in [0, 0.1) is 6.92 Å². The second-order valence-corrected chi connectivity index (χ2v) is 4.24. The van der Waals surface area contributed by atoms with E-state index in [9.17, 15) is 4.79 Å². The molecule has 92 valence electrons. The molecule has 0 bridgehead atoms. The van der Waals surface area contributed by atoms with Gasteiger partial charge in [0.25, 0.3) is 0 Å². The van der Waals surface area contributed by atoms with Gasteiger partial charge >= 0.3 is 0 Å². The van der Waals surface area contributed by atoms with Crippen LogP contribution in [-0.4, -0.2) is 10.9 Å². The van der Waals surface area contributed by atoms with E-state index in [1.54, 1.807) is 6.20 Å². The molecule has 2 aromatic rings. The Labute approximate surface area is 107 Å². The third-order valence-electron chi connectivity index (χ3n) is 2.67. The molecule has 1 aromatic carbocycles. The molecule has 18 heavy (non-hydrogen) atoms. The van der Waals surface area contributed by atoms with Crippen molar-refractivity contribution in [3.05, 3.63) is 59.9 Å². The molecule has 0 saturated heterocycles. The molecule has 1 heterocycles. The number of nitrogens with zero attached hydrogens (tertiary/aromatic N) is 1. The molecule has 0 aliphatic heterocycles. The summed E-state index contributed by atoms with van der Waals surface area (Å²) in [7, 11) is 0. The highest BCUT2D eigenvalue weighted by Crippen LogP contribution is 2.09. The van der Waals surface area contributed by atoms with Gasteiger partial charge in [-0.15, -0.1) is 0 Å². The van der Waals surface area contributed by atoms with Gasteiger partial charge < -0.3 is 5.32 Å². The van der Waals surface area contributed by atoms with Gasteiger partial charge in [-0.2, -0.15) is 0 Å². The van der Waals surface area contributed by atoms with Crippen molar-refractivity contribution in [2.45, 2.75) is 19.8 Å². The molecule has 0 spiro atoms. The second-order valence-electron chi connectivity index (χ2n) is 4.24. The Kier molecular flexibility index (Phi) is 4.07. The molecule has 0 saturated carbocycles.